The lowest BCUT2D eigenvalue weighted by atomic mass is 9.98. The second kappa shape index (κ2) is 7.43. The van der Waals surface area contributed by atoms with E-state index in [-0.39, 0.29) is 5.91 Å². The molecule has 0 saturated carbocycles. The van der Waals surface area contributed by atoms with Crippen molar-refractivity contribution in [2.75, 3.05) is 40.4 Å². The minimum Gasteiger partial charge on any atom is -0.493 e. The predicted molar refractivity (Wildman–Crippen MR) is 93.5 cm³/mol. The van der Waals surface area contributed by atoms with Crippen molar-refractivity contribution in [3.05, 3.63) is 23.3 Å². The Morgan fingerprint density at radius 1 is 1.17 bits per heavy atom. The molecule has 3 rings (SSSR count). The van der Waals surface area contributed by atoms with E-state index < -0.39 is 0 Å². The number of amides is 1. The monoisotopic (exact) mass is 332 g/mol. The molecule has 2 heterocycles. The van der Waals surface area contributed by atoms with E-state index in [0.717, 1.165) is 37.6 Å². The molecule has 2 aliphatic rings. The number of rotatable bonds is 4. The van der Waals surface area contributed by atoms with Gasteiger partial charge in [0.2, 0.25) is 5.91 Å². The number of hydrogen-bond donors (Lipinski definition) is 0. The fourth-order valence-corrected chi connectivity index (χ4v) is 3.82. The first-order valence-electron chi connectivity index (χ1n) is 8.84. The Hall–Kier alpha value is -1.75. The Balaban J connectivity index is 1.66. The van der Waals surface area contributed by atoms with Crippen molar-refractivity contribution in [3.8, 4) is 11.5 Å². The fraction of sp³-hybridized carbons (Fsp3) is 0.632. The van der Waals surface area contributed by atoms with Gasteiger partial charge in [-0.2, -0.15) is 0 Å². The first-order valence-corrected chi connectivity index (χ1v) is 8.84. The molecule has 24 heavy (non-hydrogen) atoms. The van der Waals surface area contributed by atoms with Gasteiger partial charge in [0.1, 0.15) is 0 Å². The van der Waals surface area contributed by atoms with Crippen LogP contribution >= 0.6 is 0 Å². The minimum atomic E-state index is 0.240. The van der Waals surface area contributed by atoms with Gasteiger partial charge >= 0.3 is 0 Å². The molecule has 1 unspecified atom stereocenters. The normalized spacial score (nSPS) is 21.3. The summed E-state index contributed by atoms with van der Waals surface area (Å²) >= 11 is 0. The van der Waals surface area contributed by atoms with Crippen LogP contribution in [0.4, 0.5) is 0 Å². The third kappa shape index (κ3) is 3.66. The average molecular weight is 332 g/mol. The summed E-state index contributed by atoms with van der Waals surface area (Å²) in [4.78, 5) is 17.0. The summed E-state index contributed by atoms with van der Waals surface area (Å²) < 4.78 is 10.8. The van der Waals surface area contributed by atoms with Crippen molar-refractivity contribution in [2.24, 2.45) is 5.92 Å². The average Bonchev–Trinajstić information content (AvgIpc) is 2.59. The number of benzene rings is 1. The van der Waals surface area contributed by atoms with Gasteiger partial charge in [0.05, 0.1) is 20.8 Å². The topological polar surface area (TPSA) is 42.0 Å². The van der Waals surface area contributed by atoms with E-state index in [9.17, 15) is 4.79 Å². The van der Waals surface area contributed by atoms with Gasteiger partial charge in [-0.3, -0.25) is 9.69 Å². The number of carbonyl (C=O) groups excluding carboxylic acids is 1. The summed E-state index contributed by atoms with van der Waals surface area (Å²) in [5.74, 6) is 2.43. The SMILES string of the molecule is COc1cc2c(cc1OC)CN(C(=O)CN1CCCC(C)C1)CC2. The molecule has 1 fully saturated rings. The Bertz CT molecular complexity index is 603. The summed E-state index contributed by atoms with van der Waals surface area (Å²) in [6, 6.07) is 4.05. The van der Waals surface area contributed by atoms with Crippen LogP contribution in [0.1, 0.15) is 30.9 Å². The van der Waals surface area contributed by atoms with Gasteiger partial charge in [-0.1, -0.05) is 6.92 Å². The molecule has 5 heteroatoms. The number of ether oxygens (including phenoxy) is 2. The smallest absolute Gasteiger partial charge is 0.237 e. The first-order chi connectivity index (χ1) is 11.6. The quantitative estimate of drug-likeness (QED) is 0.849. The van der Waals surface area contributed by atoms with Gasteiger partial charge in [-0.15, -0.1) is 0 Å². The lowest BCUT2D eigenvalue weighted by molar-refractivity contribution is -0.133. The molecule has 0 aliphatic carbocycles. The maximum atomic E-state index is 12.7. The van der Waals surface area contributed by atoms with Crippen LogP contribution in [0.15, 0.2) is 12.1 Å². The largest absolute Gasteiger partial charge is 0.493 e. The summed E-state index contributed by atoms with van der Waals surface area (Å²) in [6.07, 6.45) is 3.36. The van der Waals surface area contributed by atoms with E-state index in [1.807, 2.05) is 17.0 Å². The van der Waals surface area contributed by atoms with E-state index in [1.165, 1.54) is 24.0 Å². The molecule has 0 spiro atoms. The van der Waals surface area contributed by atoms with E-state index in [2.05, 4.69) is 11.8 Å². The van der Waals surface area contributed by atoms with Crippen LogP contribution in [-0.4, -0.2) is 56.1 Å². The van der Waals surface area contributed by atoms with Gasteiger partial charge in [0, 0.05) is 19.6 Å². The maximum Gasteiger partial charge on any atom is 0.237 e. The van der Waals surface area contributed by atoms with E-state index in [0.29, 0.717) is 19.0 Å². The van der Waals surface area contributed by atoms with Crippen LogP contribution in [0, 0.1) is 5.92 Å². The van der Waals surface area contributed by atoms with Crippen molar-refractivity contribution in [1.29, 1.82) is 0 Å². The molecule has 0 bridgehead atoms. The molecule has 2 aliphatic heterocycles. The number of methoxy groups -OCH3 is 2. The van der Waals surface area contributed by atoms with Gasteiger partial charge in [-0.05, 0) is 55.0 Å². The van der Waals surface area contributed by atoms with Crippen molar-refractivity contribution in [3.63, 3.8) is 0 Å². The molecule has 1 atom stereocenters. The first kappa shape index (κ1) is 17.1. The zero-order valence-corrected chi connectivity index (χ0v) is 15.0. The molecular weight excluding hydrogens is 304 g/mol. The summed E-state index contributed by atoms with van der Waals surface area (Å²) in [5.41, 5.74) is 2.42. The van der Waals surface area contributed by atoms with Crippen molar-refractivity contribution in [2.45, 2.75) is 32.7 Å². The maximum absolute atomic E-state index is 12.7. The molecular formula is C19H28N2O3. The molecule has 0 N–H and O–H groups in total. The Kier molecular flexibility index (Phi) is 5.29. The van der Waals surface area contributed by atoms with Crippen LogP contribution in [0.3, 0.4) is 0 Å². The zero-order valence-electron chi connectivity index (χ0n) is 15.0. The lowest BCUT2D eigenvalue weighted by Crippen LogP contribution is -2.45. The Morgan fingerprint density at radius 3 is 2.54 bits per heavy atom. The fourth-order valence-electron chi connectivity index (χ4n) is 3.82. The summed E-state index contributed by atoms with van der Waals surface area (Å²) in [5, 5.41) is 0. The third-order valence-corrected chi connectivity index (χ3v) is 5.17. The van der Waals surface area contributed by atoms with Crippen LogP contribution in [0.5, 0.6) is 11.5 Å². The van der Waals surface area contributed by atoms with E-state index in [4.69, 9.17) is 9.47 Å². The van der Waals surface area contributed by atoms with Gasteiger partial charge in [-0.25, -0.2) is 0 Å². The molecule has 0 aromatic heterocycles. The van der Waals surface area contributed by atoms with Crippen molar-refractivity contribution >= 4 is 5.91 Å². The Morgan fingerprint density at radius 2 is 1.88 bits per heavy atom. The Labute approximate surface area is 144 Å². The van der Waals surface area contributed by atoms with Gasteiger partial charge in [0.25, 0.3) is 0 Å². The molecule has 1 aromatic carbocycles. The highest BCUT2D eigenvalue weighted by Crippen LogP contribution is 2.33. The van der Waals surface area contributed by atoms with E-state index in [1.54, 1.807) is 14.2 Å². The van der Waals surface area contributed by atoms with Crippen LogP contribution in [0.2, 0.25) is 0 Å². The third-order valence-electron chi connectivity index (χ3n) is 5.17. The number of hydrogen-bond acceptors (Lipinski definition) is 4. The van der Waals surface area contributed by atoms with Crippen molar-refractivity contribution < 1.29 is 14.3 Å². The highest BCUT2D eigenvalue weighted by molar-refractivity contribution is 5.78. The van der Waals surface area contributed by atoms with Gasteiger partial charge in [0.15, 0.2) is 11.5 Å². The van der Waals surface area contributed by atoms with Crippen LogP contribution in [0.25, 0.3) is 0 Å². The molecule has 132 valence electrons. The summed E-state index contributed by atoms with van der Waals surface area (Å²) in [7, 11) is 3.30. The molecule has 0 radical (unpaired) electrons. The number of piperidine rings is 1. The number of likely N-dealkylation sites (tertiary alicyclic amines) is 1. The second-order valence-corrected chi connectivity index (χ2v) is 7.02. The minimum absolute atomic E-state index is 0.240. The number of carbonyl (C=O) groups is 1. The van der Waals surface area contributed by atoms with Crippen LogP contribution < -0.4 is 9.47 Å². The lowest BCUT2D eigenvalue weighted by Gasteiger charge is -2.34. The highest BCUT2D eigenvalue weighted by Gasteiger charge is 2.25. The molecule has 1 saturated heterocycles. The zero-order chi connectivity index (χ0) is 17.1. The number of fused-ring (bicyclic) bond motifs is 1. The second-order valence-electron chi connectivity index (χ2n) is 7.02. The molecule has 5 nitrogen and oxygen atoms in total. The van der Waals surface area contributed by atoms with Crippen LogP contribution in [-0.2, 0) is 17.8 Å². The van der Waals surface area contributed by atoms with Crippen molar-refractivity contribution in [1.82, 2.24) is 9.80 Å². The van der Waals surface area contributed by atoms with E-state index >= 15 is 0 Å². The highest BCUT2D eigenvalue weighted by atomic mass is 16.5. The number of nitrogens with zero attached hydrogens (tertiary/aromatic N) is 2. The standard InChI is InChI=1S/C19H28N2O3/c1-14-5-4-7-20(11-14)13-19(22)21-8-6-15-9-17(23-2)18(24-3)10-16(15)12-21/h9-10,14H,4-8,11-13H2,1-3H3. The molecule has 1 amide bonds. The predicted octanol–water partition coefficient (Wildman–Crippen LogP) is 2.32. The van der Waals surface area contributed by atoms with Gasteiger partial charge < -0.3 is 14.4 Å². The summed E-state index contributed by atoms with van der Waals surface area (Å²) in [6.45, 7) is 6.36. The molecule has 1 aromatic rings.